The molecule has 2 aliphatic heterocycles. The van der Waals surface area contributed by atoms with Crippen LogP contribution in [0.5, 0.6) is 11.6 Å². The second kappa shape index (κ2) is 15.1. The Balaban J connectivity index is 1.27. The van der Waals surface area contributed by atoms with E-state index in [0.29, 0.717) is 52.1 Å². The number of aromatic nitrogens is 2. The molecule has 2 saturated heterocycles. The van der Waals surface area contributed by atoms with Crippen molar-refractivity contribution in [2.75, 3.05) is 40.6 Å². The van der Waals surface area contributed by atoms with Gasteiger partial charge in [-0.05, 0) is 55.0 Å². The van der Waals surface area contributed by atoms with Gasteiger partial charge in [-0.15, -0.1) is 0 Å². The van der Waals surface area contributed by atoms with E-state index in [0.717, 1.165) is 79.1 Å². The summed E-state index contributed by atoms with van der Waals surface area (Å²) in [5.41, 5.74) is 13.0. The van der Waals surface area contributed by atoms with Gasteiger partial charge in [-0.1, -0.05) is 59.6 Å². The van der Waals surface area contributed by atoms with E-state index >= 15 is 0 Å². The molecule has 2 aromatic heterocycles. The van der Waals surface area contributed by atoms with Gasteiger partial charge in [0.25, 0.3) is 0 Å². The monoisotopic (exact) mass is 662 g/mol. The van der Waals surface area contributed by atoms with E-state index < -0.39 is 0 Å². The molecule has 0 radical (unpaired) electrons. The third-order valence-electron chi connectivity index (χ3n) is 8.97. The average molecular weight is 664 g/mol. The Kier molecular flexibility index (Phi) is 10.7. The number of nitrogens with two attached hydrogens (primary N) is 1. The van der Waals surface area contributed by atoms with Crippen LogP contribution in [0, 0.1) is 5.92 Å². The van der Waals surface area contributed by atoms with E-state index in [9.17, 15) is 0 Å². The minimum Gasteiger partial charge on any atom is -0.496 e. The first kappa shape index (κ1) is 32.7. The molecule has 3 N–H and O–H groups in total. The number of nitrogens with one attached hydrogen (secondary N) is 1. The standard InChI is InChI=1S/C36H40Cl2N4O4/c1-43-32-19-22(6-7-23(32)18-25-21-46-17-13-30(25)39)27-10-14-40-35(34(27)38)29-5-3-4-28(33(29)37)31-9-8-24(36(42-31)44-2)20-41-26-11-15-45-16-12-26/h3-10,14,19,25-26,30,41H,11-13,15-18,20-21,39H2,1-2H3. The van der Waals surface area contributed by atoms with Gasteiger partial charge in [0, 0.05) is 72.8 Å². The van der Waals surface area contributed by atoms with E-state index in [4.69, 9.17) is 52.9 Å². The second-order valence-electron chi connectivity index (χ2n) is 11.8. The summed E-state index contributed by atoms with van der Waals surface area (Å²) in [6.45, 7) is 3.61. The number of rotatable bonds is 10. The fraction of sp³-hybridized carbons (Fsp3) is 0.389. The van der Waals surface area contributed by atoms with Crippen molar-refractivity contribution in [3.05, 3.63) is 82.0 Å². The van der Waals surface area contributed by atoms with Gasteiger partial charge < -0.3 is 30.0 Å². The number of hydrogen-bond acceptors (Lipinski definition) is 8. The summed E-state index contributed by atoms with van der Waals surface area (Å²) in [6.07, 6.45) is 5.40. The highest BCUT2D eigenvalue weighted by Crippen LogP contribution is 2.42. The smallest absolute Gasteiger partial charge is 0.218 e. The summed E-state index contributed by atoms with van der Waals surface area (Å²) in [7, 11) is 3.32. The lowest BCUT2D eigenvalue weighted by molar-refractivity contribution is 0.0420. The first-order valence-electron chi connectivity index (χ1n) is 15.8. The lowest BCUT2D eigenvalue weighted by Gasteiger charge is -2.29. The van der Waals surface area contributed by atoms with Gasteiger partial charge in [0.2, 0.25) is 5.88 Å². The number of benzene rings is 2. The van der Waals surface area contributed by atoms with Crippen LogP contribution in [-0.2, 0) is 22.4 Å². The summed E-state index contributed by atoms with van der Waals surface area (Å²) in [6, 6.07) is 18.4. The van der Waals surface area contributed by atoms with Gasteiger partial charge in [0.15, 0.2) is 0 Å². The maximum atomic E-state index is 7.08. The fourth-order valence-electron chi connectivity index (χ4n) is 6.24. The lowest BCUT2D eigenvalue weighted by Crippen LogP contribution is -2.39. The molecule has 0 bridgehead atoms. The maximum Gasteiger partial charge on any atom is 0.218 e. The Morgan fingerprint density at radius 1 is 0.870 bits per heavy atom. The van der Waals surface area contributed by atoms with Crippen molar-refractivity contribution in [1.29, 1.82) is 0 Å². The van der Waals surface area contributed by atoms with Crippen LogP contribution in [0.3, 0.4) is 0 Å². The van der Waals surface area contributed by atoms with E-state index in [1.54, 1.807) is 20.4 Å². The zero-order chi connectivity index (χ0) is 32.0. The molecule has 242 valence electrons. The maximum absolute atomic E-state index is 7.08. The van der Waals surface area contributed by atoms with Crippen LogP contribution in [0.15, 0.2) is 60.8 Å². The molecule has 0 amide bonds. The highest BCUT2D eigenvalue weighted by Gasteiger charge is 2.25. The molecule has 2 atom stereocenters. The SMILES string of the molecule is COc1cc(-c2ccnc(-c3cccc(-c4ccc(CNC5CCOCC5)c(OC)n4)c3Cl)c2Cl)ccc1CC1COCCC1N. The lowest BCUT2D eigenvalue weighted by atomic mass is 9.89. The molecule has 2 fully saturated rings. The van der Waals surface area contributed by atoms with Crippen molar-refractivity contribution < 1.29 is 18.9 Å². The van der Waals surface area contributed by atoms with Crippen molar-refractivity contribution >= 4 is 23.2 Å². The van der Waals surface area contributed by atoms with Gasteiger partial charge in [-0.2, -0.15) is 0 Å². The Hall–Kier alpha value is -3.24. The van der Waals surface area contributed by atoms with Gasteiger partial charge >= 0.3 is 0 Å². The zero-order valence-electron chi connectivity index (χ0n) is 26.2. The molecule has 4 heterocycles. The number of pyridine rings is 2. The first-order valence-corrected chi connectivity index (χ1v) is 16.5. The molecule has 0 aliphatic carbocycles. The summed E-state index contributed by atoms with van der Waals surface area (Å²) in [4.78, 5) is 9.48. The molecule has 8 nitrogen and oxygen atoms in total. The van der Waals surface area contributed by atoms with Crippen molar-refractivity contribution in [2.45, 2.75) is 44.3 Å². The van der Waals surface area contributed by atoms with Crippen molar-refractivity contribution in [3.8, 4) is 45.3 Å². The number of hydrogen-bond donors (Lipinski definition) is 2. The minimum absolute atomic E-state index is 0.115. The van der Waals surface area contributed by atoms with Crippen LogP contribution < -0.4 is 20.5 Å². The molecule has 2 unspecified atom stereocenters. The van der Waals surface area contributed by atoms with E-state index in [-0.39, 0.29) is 12.0 Å². The van der Waals surface area contributed by atoms with Gasteiger partial charge in [0.05, 0.1) is 42.3 Å². The van der Waals surface area contributed by atoms with Gasteiger partial charge in [-0.3, -0.25) is 4.98 Å². The first-order chi connectivity index (χ1) is 22.5. The molecule has 6 rings (SSSR count). The van der Waals surface area contributed by atoms with Crippen molar-refractivity contribution in [1.82, 2.24) is 15.3 Å². The summed E-state index contributed by atoms with van der Waals surface area (Å²) in [5.74, 6) is 1.60. The number of halogens is 2. The molecule has 2 aromatic carbocycles. The fourth-order valence-corrected chi connectivity index (χ4v) is 6.88. The Morgan fingerprint density at radius 3 is 2.43 bits per heavy atom. The minimum atomic E-state index is 0.115. The summed E-state index contributed by atoms with van der Waals surface area (Å²) < 4.78 is 22.7. The third-order valence-corrected chi connectivity index (χ3v) is 9.76. The Morgan fingerprint density at radius 2 is 1.65 bits per heavy atom. The third kappa shape index (κ3) is 7.18. The van der Waals surface area contributed by atoms with Gasteiger partial charge in [-0.25, -0.2) is 4.98 Å². The second-order valence-corrected chi connectivity index (χ2v) is 12.6. The Labute approximate surface area is 280 Å². The topological polar surface area (TPSA) is 101 Å². The average Bonchev–Trinajstić information content (AvgIpc) is 3.09. The zero-order valence-corrected chi connectivity index (χ0v) is 27.7. The molecule has 0 spiro atoms. The predicted octanol–water partition coefficient (Wildman–Crippen LogP) is 6.98. The van der Waals surface area contributed by atoms with E-state index in [1.165, 1.54) is 0 Å². The number of ether oxygens (including phenoxy) is 4. The van der Waals surface area contributed by atoms with Crippen LogP contribution in [0.4, 0.5) is 0 Å². The summed E-state index contributed by atoms with van der Waals surface area (Å²) in [5, 5.41) is 4.61. The largest absolute Gasteiger partial charge is 0.496 e. The van der Waals surface area contributed by atoms with E-state index in [1.807, 2.05) is 42.5 Å². The van der Waals surface area contributed by atoms with Crippen LogP contribution in [-0.4, -0.2) is 62.7 Å². The van der Waals surface area contributed by atoms with E-state index in [2.05, 4.69) is 22.4 Å². The molecule has 10 heteroatoms. The normalized spacial score (nSPS) is 18.8. The van der Waals surface area contributed by atoms with Crippen LogP contribution in [0.2, 0.25) is 10.0 Å². The van der Waals surface area contributed by atoms with Crippen molar-refractivity contribution in [3.63, 3.8) is 0 Å². The van der Waals surface area contributed by atoms with Crippen LogP contribution in [0.25, 0.3) is 33.6 Å². The predicted molar refractivity (Wildman–Crippen MR) is 183 cm³/mol. The summed E-state index contributed by atoms with van der Waals surface area (Å²) >= 11 is 14.2. The molecule has 46 heavy (non-hydrogen) atoms. The molecular formula is C36H40Cl2N4O4. The number of nitrogens with zero attached hydrogens (tertiary/aromatic N) is 2. The highest BCUT2D eigenvalue weighted by molar-refractivity contribution is 6.39. The molecule has 0 saturated carbocycles. The van der Waals surface area contributed by atoms with Gasteiger partial charge in [0.1, 0.15) is 5.75 Å². The van der Waals surface area contributed by atoms with Crippen LogP contribution in [0.1, 0.15) is 30.4 Å². The van der Waals surface area contributed by atoms with Crippen LogP contribution >= 0.6 is 23.2 Å². The Bertz CT molecular complexity index is 1660. The quantitative estimate of drug-likeness (QED) is 0.188. The van der Waals surface area contributed by atoms with Crippen molar-refractivity contribution in [2.24, 2.45) is 11.7 Å². The molecule has 2 aliphatic rings. The number of methoxy groups -OCH3 is 2. The molecular weight excluding hydrogens is 623 g/mol. The molecule has 4 aromatic rings. The highest BCUT2D eigenvalue weighted by atomic mass is 35.5.